The number of carbonyl (C=O) groups is 3. The zero-order valence-electron chi connectivity index (χ0n) is 14.2. The van der Waals surface area contributed by atoms with E-state index in [-0.39, 0.29) is 11.5 Å². The number of nitrogens with zero attached hydrogens (tertiary/aromatic N) is 2. The van der Waals surface area contributed by atoms with Crippen LogP contribution in [0.25, 0.3) is 0 Å². The van der Waals surface area contributed by atoms with Crippen molar-refractivity contribution in [3.05, 3.63) is 53.3 Å². The summed E-state index contributed by atoms with van der Waals surface area (Å²) in [4.78, 5) is 36.8. The Labute approximate surface area is 140 Å². The highest BCUT2D eigenvalue weighted by molar-refractivity contribution is 6.17. The lowest BCUT2D eigenvalue weighted by Gasteiger charge is -2.26. The third-order valence-electron chi connectivity index (χ3n) is 3.74. The quantitative estimate of drug-likeness (QED) is 0.519. The summed E-state index contributed by atoms with van der Waals surface area (Å²) in [5.41, 5.74) is 3.21. The first-order chi connectivity index (χ1) is 11.2. The molecule has 4 amide bonds. The Morgan fingerprint density at radius 2 is 1.88 bits per heavy atom. The van der Waals surface area contributed by atoms with E-state index in [9.17, 15) is 14.4 Å². The van der Waals surface area contributed by atoms with Crippen LogP contribution in [0.15, 0.2) is 47.7 Å². The van der Waals surface area contributed by atoms with Gasteiger partial charge >= 0.3 is 11.9 Å². The number of nitrogens with one attached hydrogen (secondary N) is 1. The summed E-state index contributed by atoms with van der Waals surface area (Å²) in [7, 11) is 2.92. The molecule has 1 heterocycles. The predicted molar refractivity (Wildman–Crippen MR) is 89.6 cm³/mol. The number of benzene rings is 1. The second-order valence-electron chi connectivity index (χ2n) is 6.07. The standard InChI is InChI=1S/C18H19N3O3/c1-18(2,14-8-6-5-7-9-14)19-15(22)11-10-13-12-20(3)17(24)21(4)16(13)23/h5-9,11-12H,1-4H3/p+1. The van der Waals surface area contributed by atoms with Gasteiger partial charge in [-0.1, -0.05) is 36.1 Å². The van der Waals surface area contributed by atoms with Crippen LogP contribution in [0.2, 0.25) is 0 Å². The van der Waals surface area contributed by atoms with E-state index in [1.807, 2.05) is 44.2 Å². The maximum absolute atomic E-state index is 12.1. The minimum atomic E-state index is -0.564. The molecule has 0 unspecified atom stereocenters. The van der Waals surface area contributed by atoms with Gasteiger partial charge in [-0.15, -0.1) is 0 Å². The van der Waals surface area contributed by atoms with Crippen LogP contribution in [-0.2, 0) is 15.1 Å². The van der Waals surface area contributed by atoms with E-state index in [0.717, 1.165) is 10.5 Å². The molecular formula is C18H20N3O3+. The summed E-state index contributed by atoms with van der Waals surface area (Å²) in [6.07, 6.45) is 2.53. The Balaban J connectivity index is 2.21. The van der Waals surface area contributed by atoms with Gasteiger partial charge in [0.2, 0.25) is 0 Å². The topological polar surface area (TPSA) is 69.5 Å². The van der Waals surface area contributed by atoms with Gasteiger partial charge in [-0.25, -0.2) is 4.79 Å². The van der Waals surface area contributed by atoms with Crippen molar-refractivity contribution < 1.29 is 19.0 Å². The van der Waals surface area contributed by atoms with Crippen molar-refractivity contribution in [1.82, 2.24) is 10.2 Å². The fourth-order valence-electron chi connectivity index (χ4n) is 2.32. The molecule has 0 aliphatic carbocycles. The normalized spacial score (nSPS) is 14.9. The van der Waals surface area contributed by atoms with E-state index >= 15 is 0 Å². The number of hydrogen-bond acceptors (Lipinski definition) is 3. The molecule has 0 spiro atoms. The molecule has 6 nitrogen and oxygen atoms in total. The second-order valence-corrected chi connectivity index (χ2v) is 6.07. The number of urea groups is 1. The Hall–Kier alpha value is -2.98. The third kappa shape index (κ3) is 3.67. The van der Waals surface area contributed by atoms with Crippen molar-refractivity contribution in [3.8, 4) is 0 Å². The van der Waals surface area contributed by atoms with Crippen molar-refractivity contribution in [1.29, 1.82) is 0 Å². The Morgan fingerprint density at radius 1 is 1.25 bits per heavy atom. The van der Waals surface area contributed by atoms with Crippen LogP contribution < -0.4 is 5.32 Å². The van der Waals surface area contributed by atoms with Crippen LogP contribution in [0.3, 0.4) is 0 Å². The molecule has 1 aliphatic heterocycles. The molecule has 0 atom stereocenters. The monoisotopic (exact) mass is 326 g/mol. The van der Waals surface area contributed by atoms with Gasteiger partial charge in [-0.2, -0.15) is 14.3 Å². The molecule has 2 rings (SSSR count). The zero-order chi connectivity index (χ0) is 17.9. The van der Waals surface area contributed by atoms with Crippen LogP contribution in [0, 0.1) is 0 Å². The van der Waals surface area contributed by atoms with Gasteiger partial charge < -0.3 is 5.32 Å². The highest BCUT2D eigenvalue weighted by Crippen LogP contribution is 2.19. The van der Waals surface area contributed by atoms with E-state index in [0.29, 0.717) is 0 Å². The fraction of sp³-hybridized carbons (Fsp3) is 0.278. The zero-order valence-corrected chi connectivity index (χ0v) is 14.2. The Kier molecular flexibility index (Phi) is 4.81. The SMILES string of the molecule is CN1C(=O)C(=C=CC(=O)NC(C)(C)c2ccccc2)C=[N+](C)C1=O. The van der Waals surface area contributed by atoms with Crippen LogP contribution in [0.1, 0.15) is 19.4 Å². The smallest absolute Gasteiger partial charge is 0.343 e. The van der Waals surface area contributed by atoms with Crippen LogP contribution in [0.4, 0.5) is 4.79 Å². The first kappa shape index (κ1) is 17.4. The van der Waals surface area contributed by atoms with E-state index in [4.69, 9.17) is 0 Å². The van der Waals surface area contributed by atoms with Gasteiger partial charge in [-0.3, -0.25) is 4.79 Å². The first-order valence-electron chi connectivity index (χ1n) is 7.46. The molecule has 0 saturated heterocycles. The number of amides is 4. The van der Waals surface area contributed by atoms with E-state index < -0.39 is 17.5 Å². The van der Waals surface area contributed by atoms with Gasteiger partial charge in [0.05, 0.1) is 19.6 Å². The minimum absolute atomic E-state index is 0.146. The average Bonchev–Trinajstić information content (AvgIpc) is 2.55. The molecule has 0 saturated carbocycles. The highest BCUT2D eigenvalue weighted by atomic mass is 16.2. The highest BCUT2D eigenvalue weighted by Gasteiger charge is 2.35. The number of likely N-dealkylation sites (N-methyl/N-ethyl adjacent to an activating group) is 1. The molecule has 1 N–H and O–H groups in total. The number of rotatable bonds is 3. The molecule has 0 radical (unpaired) electrons. The molecular weight excluding hydrogens is 306 g/mol. The maximum atomic E-state index is 12.1. The van der Waals surface area contributed by atoms with Gasteiger partial charge in [0.1, 0.15) is 11.8 Å². The van der Waals surface area contributed by atoms with E-state index in [1.54, 1.807) is 0 Å². The second kappa shape index (κ2) is 6.64. The summed E-state index contributed by atoms with van der Waals surface area (Å²) in [5, 5.41) is 2.87. The maximum Gasteiger partial charge on any atom is 0.500 e. The van der Waals surface area contributed by atoms with Crippen molar-refractivity contribution in [3.63, 3.8) is 0 Å². The molecule has 124 valence electrons. The molecule has 0 bridgehead atoms. The lowest BCUT2D eigenvalue weighted by atomic mass is 9.94. The number of imide groups is 1. The van der Waals surface area contributed by atoms with Gasteiger partial charge in [-0.05, 0) is 19.4 Å². The first-order valence-corrected chi connectivity index (χ1v) is 7.46. The molecule has 0 aromatic heterocycles. The van der Waals surface area contributed by atoms with Gasteiger partial charge in [0.25, 0.3) is 5.91 Å². The number of carbonyl (C=O) groups excluding carboxylic acids is 3. The third-order valence-corrected chi connectivity index (χ3v) is 3.74. The van der Waals surface area contributed by atoms with Crippen molar-refractivity contribution in [2.24, 2.45) is 0 Å². The van der Waals surface area contributed by atoms with Crippen LogP contribution >= 0.6 is 0 Å². The van der Waals surface area contributed by atoms with Gasteiger partial charge in [0.15, 0.2) is 0 Å². The molecule has 1 aliphatic rings. The van der Waals surface area contributed by atoms with Crippen LogP contribution in [-0.4, -0.2) is 47.6 Å². The van der Waals surface area contributed by atoms with E-state index in [2.05, 4.69) is 11.0 Å². The van der Waals surface area contributed by atoms with Crippen LogP contribution in [0.5, 0.6) is 0 Å². The largest absolute Gasteiger partial charge is 0.500 e. The van der Waals surface area contributed by atoms with E-state index in [1.165, 1.54) is 31.0 Å². The molecule has 0 fully saturated rings. The summed E-state index contributed by atoms with van der Waals surface area (Å²) >= 11 is 0. The lowest BCUT2D eigenvalue weighted by Crippen LogP contribution is -2.44. The summed E-state index contributed by atoms with van der Waals surface area (Å²) in [6.45, 7) is 3.78. The minimum Gasteiger partial charge on any atom is -0.343 e. The van der Waals surface area contributed by atoms with Crippen molar-refractivity contribution in [2.75, 3.05) is 14.1 Å². The summed E-state index contributed by atoms with van der Waals surface area (Å²) < 4.78 is 1.27. The summed E-state index contributed by atoms with van der Waals surface area (Å²) in [5.74, 6) is -0.871. The molecule has 6 heteroatoms. The summed E-state index contributed by atoms with van der Waals surface area (Å²) in [6, 6.07) is 9.14. The van der Waals surface area contributed by atoms with Crippen molar-refractivity contribution >= 4 is 24.1 Å². The lowest BCUT2D eigenvalue weighted by molar-refractivity contribution is -0.397. The van der Waals surface area contributed by atoms with Gasteiger partial charge in [0, 0.05) is 6.08 Å². The molecule has 1 aromatic rings. The Morgan fingerprint density at radius 3 is 2.50 bits per heavy atom. The average molecular weight is 326 g/mol. The number of hydrogen-bond donors (Lipinski definition) is 1. The molecule has 1 aromatic carbocycles. The fourth-order valence-corrected chi connectivity index (χ4v) is 2.32. The Bertz CT molecular complexity index is 785. The van der Waals surface area contributed by atoms with Crippen molar-refractivity contribution in [2.45, 2.75) is 19.4 Å². The predicted octanol–water partition coefficient (Wildman–Crippen LogP) is 1.42. The molecule has 24 heavy (non-hydrogen) atoms.